The molecule has 0 bridgehead atoms. The SMILES string of the molecule is CC(N=C(N)NC(C)(C)C)c1ncn[nH]1. The van der Waals surface area contributed by atoms with Gasteiger partial charge in [0.1, 0.15) is 18.2 Å². The number of aliphatic imine (C=N–C) groups is 1. The molecule has 4 N–H and O–H groups in total. The summed E-state index contributed by atoms with van der Waals surface area (Å²) in [4.78, 5) is 8.26. The maximum absolute atomic E-state index is 5.74. The maximum atomic E-state index is 5.74. The van der Waals surface area contributed by atoms with E-state index in [1.807, 2.05) is 27.7 Å². The van der Waals surface area contributed by atoms with E-state index in [1.54, 1.807) is 0 Å². The van der Waals surface area contributed by atoms with E-state index in [2.05, 4.69) is 25.5 Å². The molecule has 1 atom stereocenters. The molecule has 1 aromatic heterocycles. The van der Waals surface area contributed by atoms with Gasteiger partial charge < -0.3 is 11.1 Å². The third-order valence-electron chi connectivity index (χ3n) is 1.67. The van der Waals surface area contributed by atoms with Crippen LogP contribution in [0, 0.1) is 0 Å². The van der Waals surface area contributed by atoms with E-state index in [0.29, 0.717) is 11.8 Å². The van der Waals surface area contributed by atoms with Crippen molar-refractivity contribution in [1.82, 2.24) is 20.5 Å². The van der Waals surface area contributed by atoms with Crippen molar-refractivity contribution in [2.24, 2.45) is 10.7 Å². The van der Waals surface area contributed by atoms with Gasteiger partial charge >= 0.3 is 0 Å². The number of guanidine groups is 1. The lowest BCUT2D eigenvalue weighted by Crippen LogP contribution is -2.45. The van der Waals surface area contributed by atoms with Gasteiger partial charge in [-0.1, -0.05) is 0 Å². The molecule has 0 aliphatic heterocycles. The van der Waals surface area contributed by atoms with Crippen molar-refractivity contribution < 1.29 is 0 Å². The highest BCUT2D eigenvalue weighted by Crippen LogP contribution is 2.09. The normalized spacial score (nSPS) is 15.1. The average Bonchev–Trinajstić information content (AvgIpc) is 2.50. The van der Waals surface area contributed by atoms with Crippen molar-refractivity contribution in [1.29, 1.82) is 0 Å². The Labute approximate surface area is 89.4 Å². The fourth-order valence-corrected chi connectivity index (χ4v) is 1.10. The number of aromatic nitrogens is 3. The molecule has 0 radical (unpaired) electrons. The van der Waals surface area contributed by atoms with Gasteiger partial charge in [-0.05, 0) is 27.7 Å². The largest absolute Gasteiger partial charge is 0.370 e. The van der Waals surface area contributed by atoms with Crippen LogP contribution in [-0.4, -0.2) is 26.7 Å². The van der Waals surface area contributed by atoms with Crippen LogP contribution < -0.4 is 11.1 Å². The second-order valence-electron chi connectivity index (χ2n) is 4.44. The minimum atomic E-state index is -0.123. The molecule has 0 aromatic carbocycles. The van der Waals surface area contributed by atoms with Gasteiger partial charge in [-0.2, -0.15) is 5.10 Å². The molecule has 0 aliphatic rings. The Hall–Kier alpha value is -1.59. The standard InChI is InChI=1S/C9H18N6/c1-6(7-11-5-12-15-7)13-8(10)14-9(2,3)4/h5-6H,1-4H3,(H3,10,13,14)(H,11,12,15). The van der Waals surface area contributed by atoms with Crippen LogP contribution in [0.3, 0.4) is 0 Å². The highest BCUT2D eigenvalue weighted by molar-refractivity contribution is 5.78. The van der Waals surface area contributed by atoms with E-state index in [-0.39, 0.29) is 11.6 Å². The van der Waals surface area contributed by atoms with Crippen LogP contribution in [0.4, 0.5) is 0 Å². The van der Waals surface area contributed by atoms with Gasteiger partial charge in [-0.25, -0.2) is 9.98 Å². The molecule has 0 aliphatic carbocycles. The molecule has 1 aromatic rings. The van der Waals surface area contributed by atoms with Crippen LogP contribution >= 0.6 is 0 Å². The topological polar surface area (TPSA) is 92.0 Å². The van der Waals surface area contributed by atoms with E-state index in [1.165, 1.54) is 6.33 Å². The Bertz CT molecular complexity index is 321. The monoisotopic (exact) mass is 210 g/mol. The first-order valence-electron chi connectivity index (χ1n) is 4.85. The van der Waals surface area contributed by atoms with Gasteiger partial charge in [-0.15, -0.1) is 0 Å². The Morgan fingerprint density at radius 2 is 2.27 bits per heavy atom. The summed E-state index contributed by atoms with van der Waals surface area (Å²) in [5, 5.41) is 9.59. The molecular weight excluding hydrogens is 192 g/mol. The number of hydrogen-bond donors (Lipinski definition) is 3. The van der Waals surface area contributed by atoms with Gasteiger partial charge in [0.15, 0.2) is 5.96 Å². The molecule has 1 heterocycles. The fraction of sp³-hybridized carbons (Fsp3) is 0.667. The van der Waals surface area contributed by atoms with E-state index >= 15 is 0 Å². The summed E-state index contributed by atoms with van der Waals surface area (Å²) in [5.41, 5.74) is 5.66. The molecular formula is C9H18N6. The summed E-state index contributed by atoms with van der Waals surface area (Å²) >= 11 is 0. The van der Waals surface area contributed by atoms with Crippen LogP contribution in [0.15, 0.2) is 11.3 Å². The molecule has 6 heteroatoms. The summed E-state index contributed by atoms with van der Waals surface area (Å²) < 4.78 is 0. The number of rotatable bonds is 2. The Morgan fingerprint density at radius 3 is 2.73 bits per heavy atom. The molecule has 1 rings (SSSR count). The molecule has 15 heavy (non-hydrogen) atoms. The van der Waals surface area contributed by atoms with Crippen molar-refractivity contribution in [2.75, 3.05) is 0 Å². The van der Waals surface area contributed by atoms with Crippen molar-refractivity contribution in [3.63, 3.8) is 0 Å². The zero-order valence-corrected chi connectivity index (χ0v) is 9.57. The number of nitrogens with one attached hydrogen (secondary N) is 2. The number of aromatic amines is 1. The Kier molecular flexibility index (Phi) is 3.28. The molecule has 0 amide bonds. The highest BCUT2D eigenvalue weighted by atomic mass is 15.2. The van der Waals surface area contributed by atoms with Crippen LogP contribution in [0.1, 0.15) is 39.6 Å². The molecule has 0 saturated carbocycles. The van der Waals surface area contributed by atoms with Crippen molar-refractivity contribution in [3.8, 4) is 0 Å². The highest BCUT2D eigenvalue weighted by Gasteiger charge is 2.12. The minimum Gasteiger partial charge on any atom is -0.370 e. The first-order valence-corrected chi connectivity index (χ1v) is 4.85. The van der Waals surface area contributed by atoms with Crippen LogP contribution in [0.2, 0.25) is 0 Å². The first kappa shape index (κ1) is 11.5. The predicted molar refractivity (Wildman–Crippen MR) is 59.3 cm³/mol. The van der Waals surface area contributed by atoms with Crippen molar-refractivity contribution >= 4 is 5.96 Å². The van der Waals surface area contributed by atoms with Gasteiger partial charge in [-0.3, -0.25) is 5.10 Å². The number of nitrogens with zero attached hydrogens (tertiary/aromatic N) is 3. The molecule has 0 spiro atoms. The second-order valence-corrected chi connectivity index (χ2v) is 4.44. The van der Waals surface area contributed by atoms with Crippen molar-refractivity contribution in [3.05, 3.63) is 12.2 Å². The molecule has 0 saturated heterocycles. The summed E-state index contributed by atoms with van der Waals surface area (Å²) in [6.07, 6.45) is 1.45. The molecule has 84 valence electrons. The summed E-state index contributed by atoms with van der Waals surface area (Å²) in [5.74, 6) is 1.11. The number of nitrogens with two attached hydrogens (primary N) is 1. The van der Waals surface area contributed by atoms with Crippen LogP contribution in [-0.2, 0) is 0 Å². The predicted octanol–water partition coefficient (Wildman–Crippen LogP) is 0.568. The third-order valence-corrected chi connectivity index (χ3v) is 1.67. The van der Waals surface area contributed by atoms with E-state index in [9.17, 15) is 0 Å². The quantitative estimate of drug-likeness (QED) is 0.491. The lowest BCUT2D eigenvalue weighted by molar-refractivity contribution is 0.506. The average molecular weight is 210 g/mol. The third kappa shape index (κ3) is 3.97. The molecule has 0 fully saturated rings. The summed E-state index contributed by atoms with van der Waals surface area (Å²) in [6.45, 7) is 7.97. The number of H-pyrrole nitrogens is 1. The second kappa shape index (κ2) is 4.29. The van der Waals surface area contributed by atoms with E-state index in [4.69, 9.17) is 5.73 Å². The van der Waals surface area contributed by atoms with Crippen LogP contribution in [0.25, 0.3) is 0 Å². The first-order chi connectivity index (χ1) is 6.88. The number of hydrogen-bond acceptors (Lipinski definition) is 3. The smallest absolute Gasteiger partial charge is 0.189 e. The van der Waals surface area contributed by atoms with E-state index in [0.717, 1.165) is 0 Å². The zero-order valence-electron chi connectivity index (χ0n) is 9.57. The Morgan fingerprint density at radius 1 is 1.60 bits per heavy atom. The van der Waals surface area contributed by atoms with Gasteiger partial charge in [0, 0.05) is 5.54 Å². The van der Waals surface area contributed by atoms with E-state index < -0.39 is 0 Å². The summed E-state index contributed by atoms with van der Waals surface area (Å²) in [6, 6.07) is -0.123. The lowest BCUT2D eigenvalue weighted by atomic mass is 10.1. The Balaban J connectivity index is 2.63. The minimum absolute atomic E-state index is 0.0886. The maximum Gasteiger partial charge on any atom is 0.189 e. The fourth-order valence-electron chi connectivity index (χ4n) is 1.10. The molecule has 6 nitrogen and oxygen atoms in total. The van der Waals surface area contributed by atoms with Gasteiger partial charge in [0.2, 0.25) is 0 Å². The van der Waals surface area contributed by atoms with Gasteiger partial charge in [0.25, 0.3) is 0 Å². The van der Waals surface area contributed by atoms with Crippen LogP contribution in [0.5, 0.6) is 0 Å². The lowest BCUT2D eigenvalue weighted by Gasteiger charge is -2.21. The zero-order chi connectivity index (χ0) is 11.5. The molecule has 1 unspecified atom stereocenters. The van der Waals surface area contributed by atoms with Gasteiger partial charge in [0.05, 0.1) is 0 Å². The summed E-state index contributed by atoms with van der Waals surface area (Å²) in [7, 11) is 0. The van der Waals surface area contributed by atoms with Crippen molar-refractivity contribution in [2.45, 2.75) is 39.3 Å².